The Labute approximate surface area is 160 Å². The van der Waals surface area contributed by atoms with Gasteiger partial charge in [0, 0.05) is 19.7 Å². The van der Waals surface area contributed by atoms with Crippen LogP contribution in [0.2, 0.25) is 0 Å². The van der Waals surface area contributed by atoms with Gasteiger partial charge in [-0.1, -0.05) is 6.07 Å². The van der Waals surface area contributed by atoms with E-state index in [0.29, 0.717) is 5.75 Å². The molecule has 1 N–H and O–H groups in total. The Balaban J connectivity index is 1.97. The Bertz CT molecular complexity index is 879. The number of carbonyl (C=O) groups excluding carboxylic acids is 1. The van der Waals surface area contributed by atoms with Crippen LogP contribution in [0.1, 0.15) is 17.3 Å². The first-order valence-corrected chi connectivity index (χ1v) is 9.78. The first kappa shape index (κ1) is 20.7. The fourth-order valence-corrected chi connectivity index (χ4v) is 3.20. The molecule has 1 atom stereocenters. The monoisotopic (exact) mass is 392 g/mol. The summed E-state index contributed by atoms with van der Waals surface area (Å²) in [5, 5.41) is 2.80. The molecule has 27 heavy (non-hydrogen) atoms. The van der Waals surface area contributed by atoms with Crippen molar-refractivity contribution in [3.63, 3.8) is 0 Å². The maximum Gasteiger partial charge on any atom is 0.251 e. The van der Waals surface area contributed by atoms with Gasteiger partial charge in [-0.05, 0) is 49.4 Å². The third kappa shape index (κ3) is 5.45. The minimum atomic E-state index is -3.60. The van der Waals surface area contributed by atoms with E-state index < -0.39 is 10.0 Å². The highest BCUT2D eigenvalue weighted by Gasteiger charge is 2.19. The number of sulfonamides is 1. The summed E-state index contributed by atoms with van der Waals surface area (Å²) in [7, 11) is 0.885. The maximum absolute atomic E-state index is 12.4. The lowest BCUT2D eigenvalue weighted by molar-refractivity contribution is 0.0926. The van der Waals surface area contributed by atoms with Crippen molar-refractivity contribution in [2.24, 2.45) is 0 Å². The molecule has 0 bridgehead atoms. The zero-order valence-corrected chi connectivity index (χ0v) is 16.6. The van der Waals surface area contributed by atoms with E-state index in [9.17, 15) is 13.2 Å². The average molecular weight is 392 g/mol. The first-order chi connectivity index (χ1) is 12.7. The van der Waals surface area contributed by atoms with Crippen molar-refractivity contribution in [2.75, 3.05) is 27.8 Å². The summed E-state index contributed by atoms with van der Waals surface area (Å²) in [6, 6.07) is 12.8. The van der Waals surface area contributed by atoms with E-state index in [4.69, 9.17) is 9.47 Å². The van der Waals surface area contributed by atoms with Crippen molar-refractivity contribution in [3.8, 4) is 11.5 Å². The molecule has 0 spiro atoms. The number of amides is 1. The molecule has 0 saturated carbocycles. The van der Waals surface area contributed by atoms with Crippen molar-refractivity contribution in [1.82, 2.24) is 9.62 Å². The van der Waals surface area contributed by atoms with Crippen LogP contribution in [-0.2, 0) is 10.0 Å². The van der Waals surface area contributed by atoms with Crippen LogP contribution in [0.25, 0.3) is 0 Å². The Kier molecular flexibility index (Phi) is 6.81. The van der Waals surface area contributed by atoms with Gasteiger partial charge in [-0.2, -0.15) is 0 Å². The number of methoxy groups -OCH3 is 1. The Hall–Kier alpha value is -2.58. The quantitative estimate of drug-likeness (QED) is 0.744. The second-order valence-corrected chi connectivity index (χ2v) is 8.33. The Morgan fingerprint density at radius 2 is 1.74 bits per heavy atom. The molecule has 0 saturated heterocycles. The van der Waals surface area contributed by atoms with Crippen LogP contribution in [-0.4, -0.2) is 52.5 Å². The van der Waals surface area contributed by atoms with Gasteiger partial charge < -0.3 is 14.8 Å². The SMILES string of the molecule is COc1ccc(OC[C@@H](C)NC(=O)c2cccc(S(=O)(=O)N(C)C)c2)cc1. The predicted octanol–water partition coefficient (Wildman–Crippen LogP) is 2.14. The maximum atomic E-state index is 12.4. The predicted molar refractivity (Wildman–Crippen MR) is 103 cm³/mol. The number of hydrogen-bond acceptors (Lipinski definition) is 5. The van der Waals surface area contributed by atoms with Crippen molar-refractivity contribution >= 4 is 15.9 Å². The zero-order valence-electron chi connectivity index (χ0n) is 15.8. The highest BCUT2D eigenvalue weighted by atomic mass is 32.2. The van der Waals surface area contributed by atoms with Gasteiger partial charge in [0.15, 0.2) is 0 Å². The van der Waals surface area contributed by atoms with E-state index in [0.717, 1.165) is 10.1 Å². The highest BCUT2D eigenvalue weighted by Crippen LogP contribution is 2.17. The fraction of sp³-hybridized carbons (Fsp3) is 0.316. The molecule has 7 nitrogen and oxygen atoms in total. The van der Waals surface area contributed by atoms with Crippen LogP contribution in [0, 0.1) is 0 Å². The molecule has 0 aliphatic heterocycles. The molecule has 2 rings (SSSR count). The van der Waals surface area contributed by atoms with Crippen molar-refractivity contribution in [2.45, 2.75) is 17.9 Å². The molecule has 8 heteroatoms. The standard InChI is InChI=1S/C19H24N2O5S/c1-14(13-26-17-10-8-16(25-4)9-11-17)20-19(22)15-6-5-7-18(12-15)27(23,24)21(2)3/h5-12,14H,13H2,1-4H3,(H,20,22)/t14-/m1/s1. The lowest BCUT2D eigenvalue weighted by Gasteiger charge is -2.16. The van der Waals surface area contributed by atoms with Crippen LogP contribution in [0.15, 0.2) is 53.4 Å². The smallest absolute Gasteiger partial charge is 0.251 e. The number of nitrogens with one attached hydrogen (secondary N) is 1. The molecule has 146 valence electrons. The number of carbonyl (C=O) groups is 1. The molecule has 0 fully saturated rings. The van der Waals surface area contributed by atoms with Crippen LogP contribution in [0.3, 0.4) is 0 Å². The van der Waals surface area contributed by atoms with E-state index in [1.807, 2.05) is 6.92 Å². The minimum absolute atomic E-state index is 0.0716. The number of ether oxygens (including phenoxy) is 2. The zero-order chi connectivity index (χ0) is 20.0. The lowest BCUT2D eigenvalue weighted by Crippen LogP contribution is -2.36. The average Bonchev–Trinajstić information content (AvgIpc) is 2.66. The van der Waals surface area contributed by atoms with Crippen LogP contribution >= 0.6 is 0 Å². The molecule has 2 aromatic rings. The van der Waals surface area contributed by atoms with Gasteiger partial charge in [0.2, 0.25) is 10.0 Å². The highest BCUT2D eigenvalue weighted by molar-refractivity contribution is 7.89. The molecule has 0 aliphatic rings. The minimum Gasteiger partial charge on any atom is -0.497 e. The van der Waals surface area contributed by atoms with Gasteiger partial charge in [-0.3, -0.25) is 4.79 Å². The van der Waals surface area contributed by atoms with Crippen LogP contribution in [0.5, 0.6) is 11.5 Å². The molecule has 0 aliphatic carbocycles. The second kappa shape index (κ2) is 8.88. The summed E-state index contributed by atoms with van der Waals surface area (Å²) in [5.41, 5.74) is 0.272. The second-order valence-electron chi connectivity index (χ2n) is 6.18. The molecule has 2 aromatic carbocycles. The van der Waals surface area contributed by atoms with E-state index in [1.54, 1.807) is 43.5 Å². The Morgan fingerprint density at radius 1 is 1.11 bits per heavy atom. The van der Waals surface area contributed by atoms with Gasteiger partial charge >= 0.3 is 0 Å². The van der Waals surface area contributed by atoms with Gasteiger partial charge in [-0.25, -0.2) is 12.7 Å². The van der Waals surface area contributed by atoms with Crippen molar-refractivity contribution in [3.05, 3.63) is 54.1 Å². The summed E-state index contributed by atoms with van der Waals surface area (Å²) in [6.07, 6.45) is 0. The van der Waals surface area contributed by atoms with E-state index >= 15 is 0 Å². The van der Waals surface area contributed by atoms with E-state index in [1.165, 1.54) is 26.2 Å². The normalized spacial score (nSPS) is 12.5. The van der Waals surface area contributed by atoms with Crippen molar-refractivity contribution in [1.29, 1.82) is 0 Å². The summed E-state index contributed by atoms with van der Waals surface area (Å²) < 4.78 is 36.2. The van der Waals surface area contributed by atoms with Crippen molar-refractivity contribution < 1.29 is 22.7 Å². The number of hydrogen-bond donors (Lipinski definition) is 1. The Morgan fingerprint density at radius 3 is 2.33 bits per heavy atom. The summed E-state index contributed by atoms with van der Waals surface area (Å²) in [6.45, 7) is 2.08. The van der Waals surface area contributed by atoms with Crippen LogP contribution in [0.4, 0.5) is 0 Å². The topological polar surface area (TPSA) is 84.9 Å². The summed E-state index contributed by atoms with van der Waals surface area (Å²) in [4.78, 5) is 12.5. The third-order valence-corrected chi connectivity index (χ3v) is 5.62. The molecule has 0 radical (unpaired) electrons. The van der Waals surface area contributed by atoms with Gasteiger partial charge in [0.05, 0.1) is 18.0 Å². The number of rotatable bonds is 8. The molecule has 1 amide bonds. The lowest BCUT2D eigenvalue weighted by atomic mass is 10.2. The molecule has 0 heterocycles. The molecular weight excluding hydrogens is 368 g/mol. The molecular formula is C19H24N2O5S. The van der Waals surface area contributed by atoms with E-state index in [-0.39, 0.29) is 29.0 Å². The third-order valence-electron chi connectivity index (χ3n) is 3.81. The summed E-state index contributed by atoms with van der Waals surface area (Å²) in [5.74, 6) is 1.03. The number of benzene rings is 2. The van der Waals surface area contributed by atoms with Gasteiger partial charge in [0.1, 0.15) is 18.1 Å². The van der Waals surface area contributed by atoms with E-state index in [2.05, 4.69) is 5.32 Å². The van der Waals surface area contributed by atoms with Crippen LogP contribution < -0.4 is 14.8 Å². The van der Waals surface area contributed by atoms with Gasteiger partial charge in [-0.15, -0.1) is 0 Å². The largest absolute Gasteiger partial charge is 0.497 e. The summed E-state index contributed by atoms with van der Waals surface area (Å²) >= 11 is 0. The fourth-order valence-electron chi connectivity index (χ4n) is 2.25. The molecule has 0 aromatic heterocycles. The first-order valence-electron chi connectivity index (χ1n) is 8.34. The molecule has 0 unspecified atom stereocenters. The number of nitrogens with zero attached hydrogens (tertiary/aromatic N) is 1. The van der Waals surface area contributed by atoms with Gasteiger partial charge in [0.25, 0.3) is 5.91 Å².